The SMILES string of the molecule is CC1(C)c2ccccc2-c2ccc(N(c3ccc4c(c3)C3(c5ccccc5-c5ccccc53)c3ccccc3-4)c3ccc4sc(-c5ccc(-c6ccccc6)cc5)nc4c3)cc21. The van der Waals surface area contributed by atoms with Gasteiger partial charge in [-0.05, 0) is 120 Å². The Morgan fingerprint density at radius 3 is 1.42 bits per heavy atom. The van der Waals surface area contributed by atoms with Crippen molar-refractivity contribution >= 4 is 38.6 Å². The maximum atomic E-state index is 5.31. The predicted octanol–water partition coefficient (Wildman–Crippen LogP) is 15.7. The van der Waals surface area contributed by atoms with Crippen LogP contribution < -0.4 is 4.90 Å². The highest BCUT2D eigenvalue weighted by molar-refractivity contribution is 7.21. The van der Waals surface area contributed by atoms with Gasteiger partial charge < -0.3 is 4.90 Å². The zero-order chi connectivity index (χ0) is 41.2. The average Bonchev–Trinajstić information content (AvgIpc) is 4.04. The second kappa shape index (κ2) is 13.1. The van der Waals surface area contributed by atoms with Crippen molar-refractivity contribution in [1.82, 2.24) is 4.98 Å². The molecule has 0 fully saturated rings. The molecule has 0 amide bonds. The molecule has 0 atom stereocenters. The molecular weight excluding hydrogens is 769 g/mol. The maximum absolute atomic E-state index is 5.31. The van der Waals surface area contributed by atoms with Crippen LogP contribution >= 0.6 is 11.3 Å². The summed E-state index contributed by atoms with van der Waals surface area (Å²) in [6.07, 6.45) is 0. The van der Waals surface area contributed by atoms with E-state index in [-0.39, 0.29) is 5.41 Å². The zero-order valence-electron chi connectivity index (χ0n) is 34.4. The van der Waals surface area contributed by atoms with Crippen molar-refractivity contribution in [3.8, 4) is 55.1 Å². The number of hydrogen-bond acceptors (Lipinski definition) is 3. The van der Waals surface area contributed by atoms with Crippen LogP contribution in [0.5, 0.6) is 0 Å². The van der Waals surface area contributed by atoms with Crippen LogP contribution in [-0.4, -0.2) is 4.98 Å². The monoisotopic (exact) mass is 808 g/mol. The van der Waals surface area contributed by atoms with Gasteiger partial charge in [-0.3, -0.25) is 0 Å². The molecule has 1 spiro atoms. The average molecular weight is 809 g/mol. The van der Waals surface area contributed by atoms with Crippen molar-refractivity contribution in [2.45, 2.75) is 24.7 Å². The number of aromatic nitrogens is 1. The molecule has 9 aromatic carbocycles. The molecule has 3 heteroatoms. The van der Waals surface area contributed by atoms with Crippen LogP contribution in [0.15, 0.2) is 206 Å². The highest BCUT2D eigenvalue weighted by Gasteiger charge is 2.51. The summed E-state index contributed by atoms with van der Waals surface area (Å²) < 4.78 is 1.17. The lowest BCUT2D eigenvalue weighted by atomic mass is 9.70. The molecule has 1 aromatic heterocycles. The summed E-state index contributed by atoms with van der Waals surface area (Å²) in [5.74, 6) is 0. The van der Waals surface area contributed by atoms with Gasteiger partial charge in [0.2, 0.25) is 0 Å². The van der Waals surface area contributed by atoms with E-state index in [1.807, 2.05) is 0 Å². The Hall–Kier alpha value is -7.33. The molecule has 0 saturated heterocycles. The lowest BCUT2D eigenvalue weighted by Crippen LogP contribution is -2.26. The summed E-state index contributed by atoms with van der Waals surface area (Å²) in [6, 6.07) is 76.6. The largest absolute Gasteiger partial charge is 0.310 e. The van der Waals surface area contributed by atoms with Crippen LogP contribution in [-0.2, 0) is 10.8 Å². The predicted molar refractivity (Wildman–Crippen MR) is 259 cm³/mol. The Labute approximate surface area is 366 Å². The molecule has 292 valence electrons. The first kappa shape index (κ1) is 35.4. The van der Waals surface area contributed by atoms with Crippen LogP contribution in [0.25, 0.3) is 65.3 Å². The van der Waals surface area contributed by atoms with Crippen molar-refractivity contribution < 1.29 is 0 Å². The molecule has 1 heterocycles. The van der Waals surface area contributed by atoms with Gasteiger partial charge in [0.15, 0.2) is 0 Å². The van der Waals surface area contributed by atoms with Crippen molar-refractivity contribution in [2.24, 2.45) is 0 Å². The fourth-order valence-corrected chi connectivity index (χ4v) is 12.1. The Balaban J connectivity index is 1.00. The summed E-state index contributed by atoms with van der Waals surface area (Å²) in [5, 5.41) is 1.02. The lowest BCUT2D eigenvalue weighted by molar-refractivity contribution is 0.660. The normalized spacial score (nSPS) is 14.2. The molecule has 0 saturated carbocycles. The number of anilines is 3. The topological polar surface area (TPSA) is 16.1 Å². The van der Waals surface area contributed by atoms with Crippen LogP contribution in [0, 0.1) is 0 Å². The zero-order valence-corrected chi connectivity index (χ0v) is 35.2. The molecule has 62 heavy (non-hydrogen) atoms. The first-order chi connectivity index (χ1) is 30.5. The van der Waals surface area contributed by atoms with Gasteiger partial charge in [-0.25, -0.2) is 4.98 Å². The van der Waals surface area contributed by atoms with E-state index in [1.54, 1.807) is 11.3 Å². The summed E-state index contributed by atoms with van der Waals surface area (Å²) in [7, 11) is 0. The molecule has 3 aliphatic carbocycles. The van der Waals surface area contributed by atoms with Crippen LogP contribution in [0.1, 0.15) is 47.2 Å². The highest BCUT2D eigenvalue weighted by atomic mass is 32.1. The summed E-state index contributed by atoms with van der Waals surface area (Å²) in [6.45, 7) is 4.73. The summed E-state index contributed by atoms with van der Waals surface area (Å²) in [5.41, 5.74) is 23.3. The molecule has 0 N–H and O–H groups in total. The number of fused-ring (bicyclic) bond motifs is 14. The van der Waals surface area contributed by atoms with Crippen LogP contribution in [0.4, 0.5) is 17.1 Å². The quantitative estimate of drug-likeness (QED) is 0.172. The first-order valence-corrected chi connectivity index (χ1v) is 22.3. The Morgan fingerprint density at radius 2 is 0.806 bits per heavy atom. The van der Waals surface area contributed by atoms with Gasteiger partial charge in [0.25, 0.3) is 0 Å². The fourth-order valence-electron chi connectivity index (χ4n) is 11.1. The fraction of sp³-hybridized carbons (Fsp3) is 0.0678. The third-order valence-electron chi connectivity index (χ3n) is 13.9. The highest BCUT2D eigenvalue weighted by Crippen LogP contribution is 2.63. The molecular formula is C59H40N2S. The third-order valence-corrected chi connectivity index (χ3v) is 15.0. The number of hydrogen-bond donors (Lipinski definition) is 0. The van der Waals surface area contributed by atoms with E-state index in [1.165, 1.54) is 82.6 Å². The van der Waals surface area contributed by atoms with Gasteiger partial charge in [-0.2, -0.15) is 0 Å². The molecule has 0 bridgehead atoms. The number of nitrogens with zero attached hydrogens (tertiary/aromatic N) is 2. The van der Waals surface area contributed by atoms with Gasteiger partial charge >= 0.3 is 0 Å². The van der Waals surface area contributed by atoms with E-state index in [9.17, 15) is 0 Å². The van der Waals surface area contributed by atoms with E-state index in [0.29, 0.717) is 0 Å². The van der Waals surface area contributed by atoms with Crippen LogP contribution in [0.3, 0.4) is 0 Å². The molecule has 0 radical (unpaired) electrons. The molecule has 13 rings (SSSR count). The Morgan fingerprint density at radius 1 is 0.371 bits per heavy atom. The Bertz CT molecular complexity index is 3380. The minimum Gasteiger partial charge on any atom is -0.310 e. The van der Waals surface area contributed by atoms with E-state index < -0.39 is 5.41 Å². The summed E-state index contributed by atoms with van der Waals surface area (Å²) >= 11 is 1.75. The second-order valence-electron chi connectivity index (χ2n) is 17.5. The van der Waals surface area contributed by atoms with Crippen molar-refractivity contribution in [1.29, 1.82) is 0 Å². The van der Waals surface area contributed by atoms with E-state index >= 15 is 0 Å². The van der Waals surface area contributed by atoms with Gasteiger partial charge in [-0.1, -0.05) is 178 Å². The first-order valence-electron chi connectivity index (χ1n) is 21.5. The smallest absolute Gasteiger partial charge is 0.124 e. The summed E-state index contributed by atoms with van der Waals surface area (Å²) in [4.78, 5) is 7.78. The van der Waals surface area contributed by atoms with Gasteiger partial charge in [0, 0.05) is 28.0 Å². The lowest BCUT2D eigenvalue weighted by Gasteiger charge is -2.32. The van der Waals surface area contributed by atoms with E-state index in [4.69, 9.17) is 4.98 Å². The third kappa shape index (κ3) is 4.88. The molecule has 0 aliphatic heterocycles. The van der Waals surface area contributed by atoms with Crippen molar-refractivity contribution in [2.75, 3.05) is 4.90 Å². The molecule has 0 unspecified atom stereocenters. The number of thiazole rings is 1. The molecule has 10 aromatic rings. The Kier molecular flexibility index (Phi) is 7.48. The van der Waals surface area contributed by atoms with Crippen molar-refractivity contribution in [3.63, 3.8) is 0 Å². The molecule has 3 aliphatic rings. The van der Waals surface area contributed by atoms with Gasteiger partial charge in [0.05, 0.1) is 15.6 Å². The molecule has 2 nitrogen and oxygen atoms in total. The van der Waals surface area contributed by atoms with E-state index in [0.717, 1.165) is 33.1 Å². The standard InChI is InChI=1S/C59H40N2S/c1-58(2)49-20-10-6-16-43(49)47-31-28-40(34-53(47)58)61(42-30-33-56-55(36-42)60-57(62-56)39-26-24-38(25-27-39)37-14-4-3-5-15-37)41-29-32-48-46-19-9-13-23-52(46)59(54(48)35-41)50-21-11-7-17-44(50)45-18-8-12-22-51(45)59/h3-36H,1-2H3. The van der Waals surface area contributed by atoms with Crippen molar-refractivity contribution in [3.05, 3.63) is 240 Å². The number of rotatable bonds is 5. The van der Waals surface area contributed by atoms with Gasteiger partial charge in [0.1, 0.15) is 5.01 Å². The minimum absolute atomic E-state index is 0.141. The van der Waals surface area contributed by atoms with Gasteiger partial charge in [-0.15, -0.1) is 11.3 Å². The van der Waals surface area contributed by atoms with E-state index in [2.05, 4.69) is 225 Å². The maximum Gasteiger partial charge on any atom is 0.124 e. The minimum atomic E-state index is -0.438. The number of benzene rings is 9. The van der Waals surface area contributed by atoms with Crippen LogP contribution in [0.2, 0.25) is 0 Å². The second-order valence-corrected chi connectivity index (χ2v) is 18.5.